The molecule has 0 radical (unpaired) electrons. The number of esters is 1. The van der Waals surface area contributed by atoms with Gasteiger partial charge < -0.3 is 19.4 Å². The monoisotopic (exact) mass is 392 g/mol. The molecule has 0 aliphatic carbocycles. The molecule has 1 aromatic carbocycles. The summed E-state index contributed by atoms with van der Waals surface area (Å²) < 4.78 is 11.7. The summed E-state index contributed by atoms with van der Waals surface area (Å²) in [6.07, 6.45) is -0.735. The van der Waals surface area contributed by atoms with E-state index in [4.69, 9.17) is 9.47 Å². The van der Waals surface area contributed by atoms with Gasteiger partial charge in [-0.15, -0.1) is 0 Å². The lowest BCUT2D eigenvalue weighted by Gasteiger charge is -2.56. The number of carbonyl (C=O) groups excluding carboxylic acids is 3. The summed E-state index contributed by atoms with van der Waals surface area (Å²) in [5.41, 5.74) is 0.833. The van der Waals surface area contributed by atoms with Gasteiger partial charge >= 0.3 is 12.1 Å². The van der Waals surface area contributed by atoms with Gasteiger partial charge in [-0.1, -0.05) is 64.2 Å². The van der Waals surface area contributed by atoms with Gasteiger partial charge in [0.2, 0.25) is 5.91 Å². The van der Waals surface area contributed by atoms with Crippen LogP contribution in [0.1, 0.15) is 26.3 Å². The van der Waals surface area contributed by atoms with Crippen LogP contribution in [0.4, 0.5) is 4.79 Å². The van der Waals surface area contributed by atoms with Crippen molar-refractivity contribution in [3.05, 3.63) is 35.9 Å². The number of nitrogens with one attached hydrogen (secondary N) is 1. The third-order valence-corrected chi connectivity index (χ3v) is 10.8. The minimum Gasteiger partial charge on any atom is -0.467 e. The first-order chi connectivity index (χ1) is 12.5. The Balaban J connectivity index is 2.09. The van der Waals surface area contributed by atoms with Crippen LogP contribution in [0.5, 0.6) is 0 Å². The van der Waals surface area contributed by atoms with E-state index in [0.717, 1.165) is 5.56 Å². The van der Waals surface area contributed by atoms with Crippen LogP contribution in [0.3, 0.4) is 0 Å². The van der Waals surface area contributed by atoms with Crippen LogP contribution in [0.15, 0.2) is 30.3 Å². The van der Waals surface area contributed by atoms with Crippen molar-refractivity contribution in [3.63, 3.8) is 0 Å². The van der Waals surface area contributed by atoms with Crippen molar-refractivity contribution in [2.24, 2.45) is 0 Å². The second-order valence-corrected chi connectivity index (χ2v) is 13.3. The lowest BCUT2D eigenvalue weighted by Crippen LogP contribution is -2.80. The normalized spacial score (nSPS) is 19.9. The van der Waals surface area contributed by atoms with E-state index in [2.05, 4.69) is 26.1 Å². The van der Waals surface area contributed by atoms with Crippen LogP contribution in [0.25, 0.3) is 0 Å². The molecule has 1 aromatic rings. The molecule has 2 rings (SSSR count). The average Bonchev–Trinajstić information content (AvgIpc) is 2.61. The van der Waals surface area contributed by atoms with Crippen LogP contribution in [-0.2, 0) is 25.7 Å². The van der Waals surface area contributed by atoms with E-state index in [1.165, 1.54) is 7.11 Å². The summed E-state index contributed by atoms with van der Waals surface area (Å²) in [6, 6.07) is 7.43. The Morgan fingerprint density at radius 2 is 1.78 bits per heavy atom. The number of hydrogen-bond acceptors (Lipinski definition) is 5. The third kappa shape index (κ3) is 4.15. The van der Waals surface area contributed by atoms with Crippen LogP contribution in [-0.4, -0.2) is 50.0 Å². The Kier molecular flexibility index (Phi) is 5.99. The van der Waals surface area contributed by atoms with Gasteiger partial charge in [-0.2, -0.15) is 0 Å². The predicted molar refractivity (Wildman–Crippen MR) is 103 cm³/mol. The van der Waals surface area contributed by atoms with Crippen molar-refractivity contribution in [2.75, 3.05) is 7.11 Å². The van der Waals surface area contributed by atoms with Gasteiger partial charge in [-0.05, 0) is 10.6 Å². The van der Waals surface area contributed by atoms with E-state index < -0.39 is 32.4 Å². The van der Waals surface area contributed by atoms with Gasteiger partial charge in [-0.25, -0.2) is 9.59 Å². The second-order valence-electron chi connectivity index (χ2n) is 8.17. The van der Waals surface area contributed by atoms with E-state index in [1.54, 1.807) is 4.57 Å². The topological polar surface area (TPSA) is 84.9 Å². The van der Waals surface area contributed by atoms with Gasteiger partial charge in [0.25, 0.3) is 0 Å². The van der Waals surface area contributed by atoms with Gasteiger partial charge in [0.1, 0.15) is 12.6 Å². The number of β-lactam (4-membered cyclic amide) rings is 1. The highest BCUT2D eigenvalue weighted by molar-refractivity contribution is 6.80. The Morgan fingerprint density at radius 1 is 1.19 bits per heavy atom. The van der Waals surface area contributed by atoms with E-state index >= 15 is 0 Å². The standard InChI is InChI=1S/C19H28N2O5Si/c1-19(2,3)27(5,6)21-15(17(23)25-4)14(16(21)22)20-18(24)26-12-13-10-8-7-9-11-13/h7-11,14-15H,12H2,1-6H3,(H,20,24)/t14-,15-/m1/s1. The average molecular weight is 393 g/mol. The molecule has 0 aromatic heterocycles. The van der Waals surface area contributed by atoms with E-state index in [-0.39, 0.29) is 17.6 Å². The molecule has 2 atom stereocenters. The molecule has 27 heavy (non-hydrogen) atoms. The molecule has 2 amide bonds. The zero-order chi connectivity index (χ0) is 20.4. The molecule has 0 unspecified atom stereocenters. The smallest absolute Gasteiger partial charge is 0.408 e. The number of benzene rings is 1. The lowest BCUT2D eigenvalue weighted by atomic mass is 9.99. The van der Waals surface area contributed by atoms with Crippen LogP contribution in [0, 0.1) is 0 Å². The maximum atomic E-state index is 12.8. The molecule has 7 nitrogen and oxygen atoms in total. The molecule has 1 N–H and O–H groups in total. The van der Waals surface area contributed by atoms with Crippen molar-refractivity contribution in [3.8, 4) is 0 Å². The van der Waals surface area contributed by atoms with E-state index in [0.29, 0.717) is 0 Å². The maximum absolute atomic E-state index is 12.8. The van der Waals surface area contributed by atoms with Gasteiger partial charge in [0.05, 0.1) is 7.11 Å². The number of hydrogen-bond donors (Lipinski definition) is 1. The SMILES string of the molecule is COC(=O)[C@H]1[C@@H](NC(=O)OCc2ccccc2)C(=O)N1[Si](C)(C)C(C)(C)C. The first-order valence-electron chi connectivity index (χ1n) is 8.89. The molecule has 0 bridgehead atoms. The highest BCUT2D eigenvalue weighted by Crippen LogP contribution is 2.43. The molecular weight excluding hydrogens is 364 g/mol. The Hall–Kier alpha value is -2.35. The minimum atomic E-state index is -2.30. The molecule has 1 aliphatic heterocycles. The Morgan fingerprint density at radius 3 is 2.30 bits per heavy atom. The highest BCUT2D eigenvalue weighted by atomic mass is 28.3. The number of amides is 2. The van der Waals surface area contributed by atoms with Crippen molar-refractivity contribution in [2.45, 2.75) is 57.6 Å². The lowest BCUT2D eigenvalue weighted by molar-refractivity contribution is -0.162. The number of carbonyl (C=O) groups is 3. The number of alkyl carbamates (subject to hydrolysis) is 1. The largest absolute Gasteiger partial charge is 0.467 e. The van der Waals surface area contributed by atoms with Crippen molar-refractivity contribution < 1.29 is 23.9 Å². The summed E-state index contributed by atoms with van der Waals surface area (Å²) in [6.45, 7) is 10.3. The second kappa shape index (κ2) is 7.72. The zero-order valence-electron chi connectivity index (χ0n) is 16.7. The fourth-order valence-corrected chi connectivity index (χ4v) is 5.23. The van der Waals surface area contributed by atoms with E-state index in [1.807, 2.05) is 43.4 Å². The van der Waals surface area contributed by atoms with Gasteiger partial charge in [0, 0.05) is 0 Å². The first-order valence-corrected chi connectivity index (χ1v) is 11.8. The Bertz CT molecular complexity index is 715. The predicted octanol–water partition coefficient (Wildman–Crippen LogP) is 2.67. The minimum absolute atomic E-state index is 0.0857. The fourth-order valence-electron chi connectivity index (χ4n) is 2.87. The summed E-state index contributed by atoms with van der Waals surface area (Å²) in [5, 5.41) is 2.38. The van der Waals surface area contributed by atoms with Crippen LogP contribution < -0.4 is 5.32 Å². The number of nitrogens with zero attached hydrogens (tertiary/aromatic N) is 1. The molecule has 1 heterocycles. The molecule has 148 valence electrons. The first kappa shape index (κ1) is 21.0. The van der Waals surface area contributed by atoms with Crippen molar-refractivity contribution in [1.82, 2.24) is 9.88 Å². The van der Waals surface area contributed by atoms with Gasteiger partial charge in [0.15, 0.2) is 14.3 Å². The molecular formula is C19H28N2O5Si. The number of rotatable bonds is 5. The Labute approximate surface area is 161 Å². The van der Waals surface area contributed by atoms with Crippen molar-refractivity contribution in [1.29, 1.82) is 0 Å². The zero-order valence-corrected chi connectivity index (χ0v) is 17.7. The van der Waals surface area contributed by atoms with Crippen LogP contribution in [0.2, 0.25) is 18.1 Å². The highest BCUT2D eigenvalue weighted by Gasteiger charge is 2.61. The molecule has 0 saturated carbocycles. The van der Waals surface area contributed by atoms with Crippen LogP contribution >= 0.6 is 0 Å². The summed E-state index contributed by atoms with van der Waals surface area (Å²) >= 11 is 0. The molecule has 1 fully saturated rings. The maximum Gasteiger partial charge on any atom is 0.408 e. The molecule has 0 spiro atoms. The molecule has 1 saturated heterocycles. The quantitative estimate of drug-likeness (QED) is 0.473. The summed E-state index contributed by atoms with van der Waals surface area (Å²) in [7, 11) is -1.02. The summed E-state index contributed by atoms with van der Waals surface area (Å²) in [4.78, 5) is 37.2. The number of methoxy groups -OCH3 is 1. The molecule has 1 aliphatic rings. The third-order valence-electron chi connectivity index (χ3n) is 5.46. The van der Waals surface area contributed by atoms with E-state index in [9.17, 15) is 14.4 Å². The van der Waals surface area contributed by atoms with Gasteiger partial charge in [-0.3, -0.25) is 4.79 Å². The van der Waals surface area contributed by atoms with Crippen molar-refractivity contribution >= 4 is 26.2 Å². The number of ether oxygens (including phenoxy) is 2. The fraction of sp³-hybridized carbons (Fsp3) is 0.526. The summed E-state index contributed by atoms with van der Waals surface area (Å²) in [5.74, 6) is -0.804. The molecule has 8 heteroatoms.